The minimum Gasteiger partial charge on any atom is -0.309 e. The van der Waals surface area contributed by atoms with E-state index in [1.807, 2.05) is 6.92 Å². The Morgan fingerprint density at radius 1 is 0.545 bits per heavy atom. The molecule has 0 bridgehead atoms. The van der Waals surface area contributed by atoms with Crippen LogP contribution in [0.15, 0.2) is 152 Å². The molecule has 0 radical (unpaired) electrons. The van der Waals surface area contributed by atoms with Crippen LogP contribution in [0.4, 0.5) is 0 Å². The van der Waals surface area contributed by atoms with Crippen molar-refractivity contribution in [1.82, 2.24) is 14.5 Å². The highest BCUT2D eigenvalue weighted by Crippen LogP contribution is 2.46. The van der Waals surface area contributed by atoms with Crippen LogP contribution in [0.25, 0.3) is 83.3 Å². The molecule has 44 heavy (non-hydrogen) atoms. The number of benzene rings is 6. The number of nitrogens with zero attached hydrogens (tertiary/aromatic N) is 3. The predicted octanol–water partition coefficient (Wildman–Crippen LogP) is 10.9. The molecular formula is C41H29N3. The molecule has 0 fully saturated rings. The molecule has 208 valence electrons. The largest absolute Gasteiger partial charge is 0.309 e. The fourth-order valence-electron chi connectivity index (χ4n) is 6.57. The summed E-state index contributed by atoms with van der Waals surface area (Å²) >= 11 is 0. The average molecular weight is 564 g/mol. The highest BCUT2D eigenvalue weighted by atomic mass is 15.0. The molecule has 2 heterocycles. The highest BCUT2D eigenvalue weighted by Gasteiger charge is 2.24. The first-order valence-corrected chi connectivity index (χ1v) is 14.9. The van der Waals surface area contributed by atoms with E-state index in [0.29, 0.717) is 0 Å². The Balaban J connectivity index is 0.000000928. The van der Waals surface area contributed by atoms with Crippen LogP contribution in [0.1, 0.15) is 6.92 Å². The first kappa shape index (κ1) is 25.9. The summed E-state index contributed by atoms with van der Waals surface area (Å²) in [5.74, 6) is 0.751. The topological polar surface area (TPSA) is 30.7 Å². The summed E-state index contributed by atoms with van der Waals surface area (Å²) in [4.78, 5) is 10.3. The molecule has 2 aromatic heterocycles. The molecule has 1 aliphatic carbocycles. The Morgan fingerprint density at radius 2 is 1.18 bits per heavy atom. The lowest BCUT2D eigenvalue weighted by Crippen LogP contribution is -1.96. The van der Waals surface area contributed by atoms with Gasteiger partial charge in [0.25, 0.3) is 0 Å². The van der Waals surface area contributed by atoms with Crippen molar-refractivity contribution in [2.75, 3.05) is 0 Å². The van der Waals surface area contributed by atoms with Crippen molar-refractivity contribution < 1.29 is 0 Å². The Hall–Kier alpha value is -5.80. The normalized spacial score (nSPS) is 11.4. The molecule has 0 atom stereocenters. The smallest absolute Gasteiger partial charge is 0.161 e. The molecule has 0 unspecified atom stereocenters. The molecule has 6 aromatic carbocycles. The van der Waals surface area contributed by atoms with Crippen LogP contribution in [0.3, 0.4) is 0 Å². The summed E-state index contributed by atoms with van der Waals surface area (Å²) < 4.78 is 2.36. The van der Waals surface area contributed by atoms with Crippen molar-refractivity contribution in [2.24, 2.45) is 0 Å². The van der Waals surface area contributed by atoms with Gasteiger partial charge in [-0.2, -0.15) is 0 Å². The zero-order valence-corrected chi connectivity index (χ0v) is 24.4. The van der Waals surface area contributed by atoms with Crippen LogP contribution in [0.5, 0.6) is 0 Å². The second-order valence-corrected chi connectivity index (χ2v) is 11.0. The molecule has 9 rings (SSSR count). The van der Waals surface area contributed by atoms with E-state index in [0.717, 1.165) is 44.8 Å². The highest BCUT2D eigenvalue weighted by molar-refractivity contribution is 6.13. The molecule has 0 amide bonds. The van der Waals surface area contributed by atoms with Crippen LogP contribution in [0, 0.1) is 0 Å². The third-order valence-corrected chi connectivity index (χ3v) is 8.36. The second-order valence-electron chi connectivity index (χ2n) is 11.0. The predicted molar refractivity (Wildman–Crippen MR) is 185 cm³/mol. The first-order chi connectivity index (χ1) is 21.8. The molecule has 1 aliphatic rings. The zero-order chi connectivity index (χ0) is 29.6. The fraction of sp³-hybridized carbons (Fsp3) is 0.0244. The van der Waals surface area contributed by atoms with E-state index in [2.05, 4.69) is 151 Å². The van der Waals surface area contributed by atoms with E-state index in [1.165, 1.54) is 38.5 Å². The number of allylic oxidation sites excluding steroid dienone is 1. The third-order valence-electron chi connectivity index (χ3n) is 8.36. The maximum atomic E-state index is 5.22. The number of para-hydroxylation sites is 2. The monoisotopic (exact) mass is 563 g/mol. The summed E-state index contributed by atoms with van der Waals surface area (Å²) in [7, 11) is 0. The van der Waals surface area contributed by atoms with E-state index in [9.17, 15) is 0 Å². The van der Waals surface area contributed by atoms with Gasteiger partial charge in [-0.15, -0.1) is 6.58 Å². The number of hydrogen-bond acceptors (Lipinski definition) is 2. The van der Waals surface area contributed by atoms with E-state index >= 15 is 0 Å². The Kier molecular flexibility index (Phi) is 6.16. The van der Waals surface area contributed by atoms with Crippen molar-refractivity contribution >= 4 is 32.7 Å². The van der Waals surface area contributed by atoms with Gasteiger partial charge < -0.3 is 4.57 Å². The van der Waals surface area contributed by atoms with Crippen molar-refractivity contribution in [1.29, 1.82) is 0 Å². The van der Waals surface area contributed by atoms with Crippen LogP contribution in [-0.4, -0.2) is 14.5 Å². The van der Waals surface area contributed by atoms with Crippen molar-refractivity contribution in [2.45, 2.75) is 6.92 Å². The van der Waals surface area contributed by atoms with E-state index < -0.39 is 0 Å². The maximum Gasteiger partial charge on any atom is 0.161 e. The maximum absolute atomic E-state index is 5.22. The quantitative estimate of drug-likeness (QED) is 0.200. The van der Waals surface area contributed by atoms with Crippen LogP contribution < -0.4 is 0 Å². The Bertz CT molecular complexity index is 2360. The minimum absolute atomic E-state index is 0.751. The van der Waals surface area contributed by atoms with E-state index in [4.69, 9.17) is 9.97 Å². The standard InChI is InChI=1S/C38H23N3.C3H6/c1-2-11-25(12-3-1)41-34-20-9-8-15-28(34)29-22-21-24(23-35(29)41)26-13-4-7-17-32(26)38-39-33-19-10-18-30-27-14-5-6-16-31(27)37(40-38)36(30)33;1-3-2/h1-23H;3H,1H2,2H3. The number of hydrogen-bond donors (Lipinski definition) is 0. The molecule has 0 saturated carbocycles. The van der Waals surface area contributed by atoms with Gasteiger partial charge in [0.15, 0.2) is 5.82 Å². The summed E-state index contributed by atoms with van der Waals surface area (Å²) in [6.45, 7) is 5.25. The molecular weight excluding hydrogens is 534 g/mol. The Morgan fingerprint density at radius 3 is 2.00 bits per heavy atom. The van der Waals surface area contributed by atoms with Crippen LogP contribution in [-0.2, 0) is 0 Å². The van der Waals surface area contributed by atoms with Gasteiger partial charge in [-0.1, -0.05) is 115 Å². The summed E-state index contributed by atoms with van der Waals surface area (Å²) in [5, 5.41) is 3.63. The summed E-state index contributed by atoms with van der Waals surface area (Å²) in [5.41, 5.74) is 12.4. The van der Waals surface area contributed by atoms with Gasteiger partial charge in [-0.3, -0.25) is 0 Å². The van der Waals surface area contributed by atoms with Gasteiger partial charge in [0.05, 0.1) is 22.2 Å². The number of aromatic nitrogens is 3. The molecule has 0 saturated heterocycles. The molecule has 3 nitrogen and oxygen atoms in total. The van der Waals surface area contributed by atoms with E-state index in [-0.39, 0.29) is 0 Å². The Labute approximate surface area is 256 Å². The second kappa shape index (κ2) is 10.5. The molecule has 8 aromatic rings. The van der Waals surface area contributed by atoms with Gasteiger partial charge >= 0.3 is 0 Å². The zero-order valence-electron chi connectivity index (χ0n) is 24.4. The van der Waals surface area contributed by atoms with Gasteiger partial charge in [0.1, 0.15) is 0 Å². The number of rotatable bonds is 3. The molecule has 0 N–H and O–H groups in total. The lowest BCUT2D eigenvalue weighted by atomic mass is 9.97. The van der Waals surface area contributed by atoms with Gasteiger partial charge in [0.2, 0.25) is 0 Å². The van der Waals surface area contributed by atoms with Gasteiger partial charge in [-0.25, -0.2) is 9.97 Å². The molecule has 0 aliphatic heterocycles. The average Bonchev–Trinajstić information content (AvgIpc) is 3.59. The lowest BCUT2D eigenvalue weighted by molar-refractivity contribution is 1.18. The summed E-state index contributed by atoms with van der Waals surface area (Å²) in [6, 6.07) is 49.5. The fourth-order valence-corrected chi connectivity index (χ4v) is 6.57. The molecule has 3 heteroatoms. The number of fused-ring (bicyclic) bond motifs is 6. The SMILES string of the molecule is C=CC.c1ccc(-n2c3ccccc3c3ccc(-c4ccccc4-c4nc5c6c(cccc6n4)-c4ccccc4-5)cc32)cc1. The van der Waals surface area contributed by atoms with Crippen LogP contribution in [0.2, 0.25) is 0 Å². The molecule has 0 spiro atoms. The van der Waals surface area contributed by atoms with E-state index in [1.54, 1.807) is 6.08 Å². The minimum atomic E-state index is 0.751. The van der Waals surface area contributed by atoms with Gasteiger partial charge in [-0.05, 0) is 59.5 Å². The van der Waals surface area contributed by atoms with Crippen molar-refractivity contribution in [3.63, 3.8) is 0 Å². The van der Waals surface area contributed by atoms with Crippen molar-refractivity contribution in [3.05, 3.63) is 152 Å². The van der Waals surface area contributed by atoms with Gasteiger partial charge in [0, 0.05) is 33.0 Å². The summed E-state index contributed by atoms with van der Waals surface area (Å²) in [6.07, 6.45) is 1.75. The lowest BCUT2D eigenvalue weighted by Gasteiger charge is -2.12. The van der Waals surface area contributed by atoms with Crippen LogP contribution >= 0.6 is 0 Å². The first-order valence-electron chi connectivity index (χ1n) is 14.9. The third kappa shape index (κ3) is 3.98. The van der Waals surface area contributed by atoms with Crippen molar-refractivity contribution in [3.8, 4) is 50.6 Å².